The van der Waals surface area contributed by atoms with Gasteiger partial charge < -0.3 is 0 Å². The molecular formula is C19H20. The first kappa shape index (κ1) is 13.4. The molecule has 2 aromatic rings. The molecule has 19 heavy (non-hydrogen) atoms. The summed E-state index contributed by atoms with van der Waals surface area (Å²) in [6.07, 6.45) is 3.78. The van der Waals surface area contributed by atoms with Crippen LogP contribution in [0, 0.1) is 0 Å². The Labute approximate surface area is 116 Å². The van der Waals surface area contributed by atoms with Crippen molar-refractivity contribution < 1.29 is 0 Å². The SMILES string of the molecule is C=Cc1cccc(-c2ccc(C(C)C)cc2)c1C=C. The van der Waals surface area contributed by atoms with E-state index in [-0.39, 0.29) is 0 Å². The van der Waals surface area contributed by atoms with E-state index in [9.17, 15) is 0 Å². The van der Waals surface area contributed by atoms with Crippen LogP contribution < -0.4 is 0 Å². The molecule has 2 aromatic carbocycles. The molecule has 0 radical (unpaired) electrons. The maximum Gasteiger partial charge on any atom is -0.0106 e. The Bertz CT molecular complexity index is 586. The molecule has 0 fully saturated rings. The molecule has 0 spiro atoms. The smallest absolute Gasteiger partial charge is 0.0106 e. The standard InChI is InChI=1S/C19H20/c1-5-15-8-7-9-19(18(15)6-2)17-12-10-16(11-13-17)14(3)4/h5-14H,1-2H2,3-4H3. The number of hydrogen-bond donors (Lipinski definition) is 0. The van der Waals surface area contributed by atoms with Gasteiger partial charge in [0.15, 0.2) is 0 Å². The van der Waals surface area contributed by atoms with Crippen LogP contribution in [0.15, 0.2) is 55.6 Å². The molecular weight excluding hydrogens is 228 g/mol. The Morgan fingerprint density at radius 2 is 1.58 bits per heavy atom. The zero-order chi connectivity index (χ0) is 13.8. The summed E-state index contributed by atoms with van der Waals surface area (Å²) < 4.78 is 0. The van der Waals surface area contributed by atoms with Gasteiger partial charge >= 0.3 is 0 Å². The number of rotatable bonds is 4. The van der Waals surface area contributed by atoms with Crippen molar-refractivity contribution in [2.45, 2.75) is 19.8 Å². The third-order valence-corrected chi connectivity index (χ3v) is 3.45. The van der Waals surface area contributed by atoms with Gasteiger partial charge in [-0.2, -0.15) is 0 Å². The van der Waals surface area contributed by atoms with E-state index in [0.717, 1.165) is 11.1 Å². The van der Waals surface area contributed by atoms with Crippen LogP contribution in [0.25, 0.3) is 23.3 Å². The second-order valence-electron chi connectivity index (χ2n) is 4.99. The highest BCUT2D eigenvalue weighted by molar-refractivity contribution is 5.80. The van der Waals surface area contributed by atoms with Crippen molar-refractivity contribution in [3.8, 4) is 11.1 Å². The van der Waals surface area contributed by atoms with Gasteiger partial charge in [0.05, 0.1) is 0 Å². The monoisotopic (exact) mass is 248 g/mol. The second kappa shape index (κ2) is 5.71. The minimum absolute atomic E-state index is 0.562. The highest BCUT2D eigenvalue weighted by Gasteiger charge is 2.06. The molecule has 0 bridgehead atoms. The van der Waals surface area contributed by atoms with Crippen LogP contribution in [0.3, 0.4) is 0 Å². The van der Waals surface area contributed by atoms with E-state index in [0.29, 0.717) is 5.92 Å². The first-order chi connectivity index (χ1) is 9.17. The van der Waals surface area contributed by atoms with E-state index in [4.69, 9.17) is 0 Å². The van der Waals surface area contributed by atoms with Gasteiger partial charge in [0.1, 0.15) is 0 Å². The molecule has 0 aliphatic carbocycles. The topological polar surface area (TPSA) is 0 Å². The lowest BCUT2D eigenvalue weighted by Gasteiger charge is -2.11. The fraction of sp³-hybridized carbons (Fsp3) is 0.158. The summed E-state index contributed by atoms with van der Waals surface area (Å²) in [7, 11) is 0. The molecule has 2 rings (SSSR count). The van der Waals surface area contributed by atoms with Crippen molar-refractivity contribution in [1.29, 1.82) is 0 Å². The van der Waals surface area contributed by atoms with E-state index >= 15 is 0 Å². The Morgan fingerprint density at radius 1 is 0.895 bits per heavy atom. The quantitative estimate of drug-likeness (QED) is 0.645. The lowest BCUT2D eigenvalue weighted by molar-refractivity contribution is 0.867. The molecule has 0 heterocycles. The zero-order valence-corrected chi connectivity index (χ0v) is 11.7. The molecule has 0 aliphatic rings. The van der Waals surface area contributed by atoms with Gasteiger partial charge in [-0.1, -0.05) is 81.6 Å². The Kier molecular flexibility index (Phi) is 4.01. The van der Waals surface area contributed by atoms with Crippen molar-refractivity contribution in [1.82, 2.24) is 0 Å². The van der Waals surface area contributed by atoms with Crippen molar-refractivity contribution in [3.05, 3.63) is 72.3 Å². The largest absolute Gasteiger partial charge is 0.0984 e. The summed E-state index contributed by atoms with van der Waals surface area (Å²) in [5, 5.41) is 0. The fourth-order valence-corrected chi connectivity index (χ4v) is 2.29. The third-order valence-electron chi connectivity index (χ3n) is 3.45. The Balaban J connectivity index is 2.52. The van der Waals surface area contributed by atoms with Crippen LogP contribution in [0.4, 0.5) is 0 Å². The minimum Gasteiger partial charge on any atom is -0.0984 e. The van der Waals surface area contributed by atoms with Gasteiger partial charge in [0, 0.05) is 0 Å². The van der Waals surface area contributed by atoms with Crippen LogP contribution >= 0.6 is 0 Å². The van der Waals surface area contributed by atoms with E-state index in [1.165, 1.54) is 16.7 Å². The summed E-state index contributed by atoms with van der Waals surface area (Å²) >= 11 is 0. The highest BCUT2D eigenvalue weighted by atomic mass is 14.1. The summed E-state index contributed by atoms with van der Waals surface area (Å²) in [5.41, 5.74) is 6.07. The second-order valence-corrected chi connectivity index (χ2v) is 4.99. The molecule has 0 N–H and O–H groups in total. The van der Waals surface area contributed by atoms with Crippen molar-refractivity contribution in [3.63, 3.8) is 0 Å². The lowest BCUT2D eigenvalue weighted by atomic mass is 9.93. The van der Waals surface area contributed by atoms with Crippen LogP contribution in [0.5, 0.6) is 0 Å². The van der Waals surface area contributed by atoms with Gasteiger partial charge in [-0.05, 0) is 33.7 Å². The molecule has 0 nitrogen and oxygen atoms in total. The molecule has 0 unspecified atom stereocenters. The van der Waals surface area contributed by atoms with E-state index in [1.807, 2.05) is 12.2 Å². The molecule has 0 saturated carbocycles. The lowest BCUT2D eigenvalue weighted by Crippen LogP contribution is -1.89. The van der Waals surface area contributed by atoms with E-state index < -0.39 is 0 Å². The number of hydrogen-bond acceptors (Lipinski definition) is 0. The number of benzene rings is 2. The average Bonchev–Trinajstić information content (AvgIpc) is 2.46. The fourth-order valence-electron chi connectivity index (χ4n) is 2.29. The summed E-state index contributed by atoms with van der Waals surface area (Å²) in [6, 6.07) is 15.0. The highest BCUT2D eigenvalue weighted by Crippen LogP contribution is 2.29. The molecule has 0 amide bonds. The normalized spacial score (nSPS) is 10.5. The van der Waals surface area contributed by atoms with Gasteiger partial charge in [0.2, 0.25) is 0 Å². The summed E-state index contributed by atoms with van der Waals surface area (Å²) in [5.74, 6) is 0.562. The van der Waals surface area contributed by atoms with Crippen LogP contribution in [-0.4, -0.2) is 0 Å². The van der Waals surface area contributed by atoms with E-state index in [2.05, 4.69) is 69.5 Å². The van der Waals surface area contributed by atoms with E-state index in [1.54, 1.807) is 0 Å². The maximum absolute atomic E-state index is 3.92. The summed E-state index contributed by atoms with van der Waals surface area (Å²) in [6.45, 7) is 12.2. The van der Waals surface area contributed by atoms with Crippen molar-refractivity contribution in [2.75, 3.05) is 0 Å². The molecule has 0 aliphatic heterocycles. The van der Waals surface area contributed by atoms with Crippen molar-refractivity contribution in [2.24, 2.45) is 0 Å². The summed E-state index contributed by atoms with van der Waals surface area (Å²) in [4.78, 5) is 0. The molecule has 96 valence electrons. The molecule has 0 heteroatoms. The van der Waals surface area contributed by atoms with Gasteiger partial charge in [-0.3, -0.25) is 0 Å². The average molecular weight is 248 g/mol. The third kappa shape index (κ3) is 2.68. The molecule has 0 saturated heterocycles. The predicted octanol–water partition coefficient (Wildman–Crippen LogP) is 5.76. The van der Waals surface area contributed by atoms with Gasteiger partial charge in [-0.25, -0.2) is 0 Å². The zero-order valence-electron chi connectivity index (χ0n) is 11.7. The predicted molar refractivity (Wildman–Crippen MR) is 86.1 cm³/mol. The Morgan fingerprint density at radius 3 is 2.11 bits per heavy atom. The van der Waals surface area contributed by atoms with Crippen molar-refractivity contribution >= 4 is 12.2 Å². The Hall–Kier alpha value is -2.08. The first-order valence-electron chi connectivity index (χ1n) is 6.65. The first-order valence-corrected chi connectivity index (χ1v) is 6.65. The molecule has 0 aromatic heterocycles. The molecule has 0 atom stereocenters. The van der Waals surface area contributed by atoms with Crippen LogP contribution in [0.1, 0.15) is 36.5 Å². The minimum atomic E-state index is 0.562. The van der Waals surface area contributed by atoms with Crippen LogP contribution in [0.2, 0.25) is 0 Å². The van der Waals surface area contributed by atoms with Gasteiger partial charge in [-0.15, -0.1) is 0 Å². The maximum atomic E-state index is 3.92. The van der Waals surface area contributed by atoms with Crippen LogP contribution in [-0.2, 0) is 0 Å². The van der Waals surface area contributed by atoms with Gasteiger partial charge in [0.25, 0.3) is 0 Å².